The Kier molecular flexibility index (Phi) is 8.71. The zero-order valence-electron chi connectivity index (χ0n) is 18.5. The van der Waals surface area contributed by atoms with Gasteiger partial charge < -0.3 is 20.1 Å². The lowest BCUT2D eigenvalue weighted by molar-refractivity contribution is 0.190. The van der Waals surface area contributed by atoms with Gasteiger partial charge in [-0.3, -0.25) is 0 Å². The summed E-state index contributed by atoms with van der Waals surface area (Å²) in [5.74, 6) is 1.44. The first-order valence-electron chi connectivity index (χ1n) is 10.2. The number of anilines is 3. The van der Waals surface area contributed by atoms with Crippen molar-refractivity contribution >= 4 is 46.7 Å². The van der Waals surface area contributed by atoms with Gasteiger partial charge in [-0.05, 0) is 48.9 Å². The highest BCUT2D eigenvalue weighted by Gasteiger charge is 2.21. The molecule has 8 nitrogen and oxygen atoms in total. The van der Waals surface area contributed by atoms with Gasteiger partial charge in [0, 0.05) is 42.0 Å². The molecule has 1 atom stereocenters. The molecule has 0 aliphatic heterocycles. The lowest BCUT2D eigenvalue weighted by atomic mass is 10.2. The molecule has 1 heterocycles. The van der Waals surface area contributed by atoms with Crippen LogP contribution in [0.5, 0.6) is 5.75 Å². The Balaban J connectivity index is 1.88. The summed E-state index contributed by atoms with van der Waals surface area (Å²) in [6.45, 7) is 2.64. The first-order chi connectivity index (χ1) is 15.9. The number of hydrogen-bond donors (Lipinski definition) is 2. The van der Waals surface area contributed by atoms with E-state index in [1.54, 1.807) is 68.9 Å². The summed E-state index contributed by atoms with van der Waals surface area (Å²) < 4.78 is 10.4. The summed E-state index contributed by atoms with van der Waals surface area (Å²) in [6, 6.07) is 13.5. The second-order valence-corrected chi connectivity index (χ2v) is 8.01. The van der Waals surface area contributed by atoms with E-state index in [0.29, 0.717) is 39.9 Å². The van der Waals surface area contributed by atoms with Crippen LogP contribution in [0.4, 0.5) is 22.2 Å². The first-order valence-corrected chi connectivity index (χ1v) is 10.9. The van der Waals surface area contributed by atoms with Gasteiger partial charge in [-0.1, -0.05) is 29.3 Å². The molecular formula is C23H25Cl2N5O3. The number of hydrogen-bond acceptors (Lipinski definition) is 6. The number of amides is 2. The predicted octanol–water partition coefficient (Wildman–Crippen LogP) is 5.29. The highest BCUT2D eigenvalue weighted by atomic mass is 35.5. The topological polar surface area (TPSA) is 88.6 Å². The highest BCUT2D eigenvalue weighted by molar-refractivity contribution is 6.35. The predicted molar refractivity (Wildman–Crippen MR) is 131 cm³/mol. The molecule has 2 N–H and O–H groups in total. The molecule has 0 unspecified atom stereocenters. The molecule has 0 aliphatic carbocycles. The fourth-order valence-electron chi connectivity index (χ4n) is 3.06. The number of carbonyl (C=O) groups excluding carboxylic acids is 1. The minimum Gasteiger partial charge on any atom is -0.497 e. The third kappa shape index (κ3) is 6.71. The van der Waals surface area contributed by atoms with Crippen molar-refractivity contribution in [2.45, 2.75) is 19.5 Å². The van der Waals surface area contributed by atoms with Crippen LogP contribution >= 0.6 is 23.2 Å². The summed E-state index contributed by atoms with van der Waals surface area (Å²) in [6.07, 6.45) is 1.59. The van der Waals surface area contributed by atoms with Crippen molar-refractivity contribution in [2.75, 3.05) is 31.0 Å². The van der Waals surface area contributed by atoms with Gasteiger partial charge in [-0.15, -0.1) is 0 Å². The summed E-state index contributed by atoms with van der Waals surface area (Å²) in [7, 11) is 3.21. The van der Waals surface area contributed by atoms with E-state index in [0.717, 1.165) is 5.56 Å². The molecule has 1 aromatic heterocycles. The number of nitrogens with zero attached hydrogens (tertiary/aromatic N) is 3. The van der Waals surface area contributed by atoms with Gasteiger partial charge in [0.1, 0.15) is 11.6 Å². The van der Waals surface area contributed by atoms with Gasteiger partial charge in [-0.25, -0.2) is 14.7 Å². The monoisotopic (exact) mass is 489 g/mol. The quantitative estimate of drug-likeness (QED) is 0.424. The molecule has 0 saturated carbocycles. The van der Waals surface area contributed by atoms with Crippen LogP contribution in [0.25, 0.3) is 0 Å². The Hall–Kier alpha value is -3.07. The van der Waals surface area contributed by atoms with Crippen LogP contribution in [0.15, 0.2) is 54.7 Å². The van der Waals surface area contributed by atoms with Crippen molar-refractivity contribution in [3.05, 3.63) is 70.3 Å². The first kappa shape index (κ1) is 24.6. The van der Waals surface area contributed by atoms with Crippen LogP contribution in [0.2, 0.25) is 10.0 Å². The van der Waals surface area contributed by atoms with E-state index >= 15 is 0 Å². The Morgan fingerprint density at radius 3 is 2.55 bits per heavy atom. The number of aromatic nitrogens is 2. The van der Waals surface area contributed by atoms with Crippen molar-refractivity contribution in [3.8, 4) is 5.75 Å². The number of rotatable bonds is 9. The van der Waals surface area contributed by atoms with Crippen LogP contribution in [-0.4, -0.2) is 42.9 Å². The van der Waals surface area contributed by atoms with Crippen molar-refractivity contribution in [1.29, 1.82) is 0 Å². The zero-order valence-corrected chi connectivity index (χ0v) is 20.0. The van der Waals surface area contributed by atoms with E-state index < -0.39 is 0 Å². The van der Waals surface area contributed by atoms with E-state index in [4.69, 9.17) is 32.7 Å². The number of nitrogens with one attached hydrogen (secondary N) is 2. The van der Waals surface area contributed by atoms with Crippen molar-refractivity contribution in [1.82, 2.24) is 15.3 Å². The molecule has 2 aromatic carbocycles. The van der Waals surface area contributed by atoms with Gasteiger partial charge >= 0.3 is 6.03 Å². The van der Waals surface area contributed by atoms with Crippen molar-refractivity contribution in [2.24, 2.45) is 0 Å². The molecule has 0 radical (unpaired) electrons. The molecule has 0 aliphatic rings. The zero-order chi connectivity index (χ0) is 23.8. The smallest absolute Gasteiger partial charge is 0.327 e. The van der Waals surface area contributed by atoms with Gasteiger partial charge in [-0.2, -0.15) is 4.98 Å². The lowest BCUT2D eigenvalue weighted by Gasteiger charge is -2.23. The van der Waals surface area contributed by atoms with Crippen molar-refractivity contribution in [3.63, 3.8) is 0 Å². The number of benzene rings is 2. The second kappa shape index (κ2) is 11.7. The average molecular weight is 490 g/mol. The number of halogens is 2. The third-order valence-electron chi connectivity index (χ3n) is 4.64. The Morgan fingerprint density at radius 2 is 1.88 bits per heavy atom. The van der Waals surface area contributed by atoms with E-state index in [9.17, 15) is 4.79 Å². The molecule has 3 aromatic rings. The lowest BCUT2D eigenvalue weighted by Crippen LogP contribution is -2.37. The van der Waals surface area contributed by atoms with Gasteiger partial charge in [0.15, 0.2) is 0 Å². The van der Waals surface area contributed by atoms with Crippen LogP contribution < -0.4 is 20.3 Å². The maximum atomic E-state index is 13.3. The van der Waals surface area contributed by atoms with E-state index in [1.807, 2.05) is 6.92 Å². The Labute approximate surface area is 202 Å². The summed E-state index contributed by atoms with van der Waals surface area (Å²) in [4.78, 5) is 23.5. The summed E-state index contributed by atoms with van der Waals surface area (Å²) in [5, 5.41) is 7.05. The molecule has 10 heteroatoms. The van der Waals surface area contributed by atoms with Crippen LogP contribution in [0, 0.1) is 0 Å². The van der Waals surface area contributed by atoms with Gasteiger partial charge in [0.2, 0.25) is 5.95 Å². The fourth-order valence-corrected chi connectivity index (χ4v) is 3.53. The maximum absolute atomic E-state index is 13.3. The van der Waals surface area contributed by atoms with E-state index in [-0.39, 0.29) is 18.6 Å². The molecule has 174 valence electrons. The van der Waals surface area contributed by atoms with Crippen LogP contribution in [0.1, 0.15) is 12.5 Å². The number of urea groups is 1. The van der Waals surface area contributed by atoms with Crippen molar-refractivity contribution < 1.29 is 14.3 Å². The highest BCUT2D eigenvalue weighted by Crippen LogP contribution is 2.27. The van der Waals surface area contributed by atoms with E-state index in [2.05, 4.69) is 20.6 Å². The maximum Gasteiger partial charge on any atom is 0.327 e. The second-order valence-electron chi connectivity index (χ2n) is 7.17. The summed E-state index contributed by atoms with van der Waals surface area (Å²) in [5.41, 5.74) is 1.34. The van der Waals surface area contributed by atoms with E-state index in [1.165, 1.54) is 4.90 Å². The third-order valence-corrected chi connectivity index (χ3v) is 5.23. The number of ether oxygens (including phenoxy) is 2. The molecule has 0 fully saturated rings. The average Bonchev–Trinajstić information content (AvgIpc) is 2.79. The Bertz CT molecular complexity index is 1080. The SMILES string of the molecule is COC[C@H](C)Nc1nccc(N(C(=O)NCc2ccc(Cl)cc2Cl)c2ccc(OC)cc2)n1. The van der Waals surface area contributed by atoms with Gasteiger partial charge in [0.05, 0.1) is 19.4 Å². The minimum atomic E-state index is -0.388. The minimum absolute atomic E-state index is 0.0134. The molecule has 33 heavy (non-hydrogen) atoms. The normalized spacial score (nSPS) is 11.5. The molecule has 0 saturated heterocycles. The molecule has 0 spiro atoms. The number of methoxy groups -OCH3 is 2. The largest absolute Gasteiger partial charge is 0.497 e. The standard InChI is InChI=1S/C23H25Cl2N5O3/c1-15(14-32-2)28-22-26-11-10-21(29-22)30(18-6-8-19(33-3)9-7-18)23(31)27-13-16-4-5-17(24)12-20(16)25/h4-12,15H,13-14H2,1-3H3,(H,27,31)(H,26,28,29)/t15-/m0/s1. The fraction of sp³-hybridized carbons (Fsp3) is 0.261. The Morgan fingerprint density at radius 1 is 1.12 bits per heavy atom. The van der Waals surface area contributed by atoms with Crippen LogP contribution in [-0.2, 0) is 11.3 Å². The molecular weight excluding hydrogens is 465 g/mol. The summed E-state index contributed by atoms with van der Waals surface area (Å²) >= 11 is 12.2. The molecule has 0 bridgehead atoms. The molecule has 2 amide bonds. The van der Waals surface area contributed by atoms with Gasteiger partial charge in [0.25, 0.3) is 0 Å². The number of carbonyl (C=O) groups is 1. The van der Waals surface area contributed by atoms with Crippen LogP contribution in [0.3, 0.4) is 0 Å². The molecule has 3 rings (SSSR count).